The first kappa shape index (κ1) is 26.6. The van der Waals surface area contributed by atoms with Crippen molar-refractivity contribution in [2.45, 2.75) is 51.4 Å². The highest BCUT2D eigenvalue weighted by atomic mass is 16.6. The molecule has 0 aromatic heterocycles. The van der Waals surface area contributed by atoms with Gasteiger partial charge in [0, 0.05) is 12.8 Å². The first-order valence-corrected chi connectivity index (χ1v) is 11.2. The zero-order valence-corrected chi connectivity index (χ0v) is 19.5. The number of ether oxygens (including phenoxy) is 4. The molecule has 0 unspecified atom stereocenters. The normalized spacial score (nSPS) is 10.3. The summed E-state index contributed by atoms with van der Waals surface area (Å²) in [4.78, 5) is 47.6. The Hall–Kier alpha value is -3.68. The van der Waals surface area contributed by atoms with Gasteiger partial charge in [-0.25, -0.2) is 9.59 Å². The van der Waals surface area contributed by atoms with Crippen molar-refractivity contribution >= 4 is 23.9 Å². The van der Waals surface area contributed by atoms with Crippen molar-refractivity contribution in [3.63, 3.8) is 0 Å². The lowest BCUT2D eigenvalue weighted by atomic mass is 10.1. The fourth-order valence-corrected chi connectivity index (χ4v) is 3.26. The summed E-state index contributed by atoms with van der Waals surface area (Å²) >= 11 is 0. The number of unbranched alkanes of at least 4 members (excludes halogenated alkanes) is 5. The summed E-state index contributed by atoms with van der Waals surface area (Å²) in [7, 11) is 2.54. The third kappa shape index (κ3) is 8.69. The van der Waals surface area contributed by atoms with Crippen LogP contribution >= 0.6 is 0 Å². The Morgan fingerprint density at radius 1 is 0.559 bits per heavy atom. The number of hydrogen-bond donors (Lipinski definition) is 0. The lowest BCUT2D eigenvalue weighted by molar-refractivity contribution is -0.135. The molecule has 2 rings (SSSR count). The van der Waals surface area contributed by atoms with Gasteiger partial charge in [0.1, 0.15) is 22.6 Å². The molecule has 0 radical (unpaired) electrons. The first-order valence-electron chi connectivity index (χ1n) is 11.2. The van der Waals surface area contributed by atoms with E-state index in [1.165, 1.54) is 14.2 Å². The Morgan fingerprint density at radius 2 is 0.912 bits per heavy atom. The maximum Gasteiger partial charge on any atom is 0.341 e. The van der Waals surface area contributed by atoms with Gasteiger partial charge in [0.05, 0.1) is 14.2 Å². The van der Waals surface area contributed by atoms with E-state index >= 15 is 0 Å². The van der Waals surface area contributed by atoms with E-state index in [2.05, 4.69) is 9.47 Å². The topological polar surface area (TPSA) is 105 Å². The van der Waals surface area contributed by atoms with Crippen LogP contribution in [0, 0.1) is 0 Å². The van der Waals surface area contributed by atoms with E-state index in [9.17, 15) is 19.2 Å². The van der Waals surface area contributed by atoms with Crippen LogP contribution in [0.2, 0.25) is 0 Å². The maximum atomic E-state index is 12.1. The molecule has 2 aromatic carbocycles. The molecule has 0 aliphatic heterocycles. The zero-order valence-electron chi connectivity index (χ0n) is 19.5. The van der Waals surface area contributed by atoms with Crippen molar-refractivity contribution in [1.29, 1.82) is 0 Å². The number of rotatable bonds is 13. The summed E-state index contributed by atoms with van der Waals surface area (Å²) in [5.41, 5.74) is 0.427. The number of carbonyl (C=O) groups excluding carboxylic acids is 4. The minimum atomic E-state index is -0.556. The molecule has 0 amide bonds. The number of esters is 4. The van der Waals surface area contributed by atoms with Gasteiger partial charge >= 0.3 is 23.9 Å². The average molecular weight is 471 g/mol. The number of methoxy groups -OCH3 is 2. The molecule has 0 aliphatic rings. The van der Waals surface area contributed by atoms with Crippen LogP contribution in [0.3, 0.4) is 0 Å². The van der Waals surface area contributed by atoms with Crippen molar-refractivity contribution in [2.24, 2.45) is 0 Å². The predicted octanol–water partition coefficient (Wildman–Crippen LogP) is 4.89. The van der Waals surface area contributed by atoms with Crippen molar-refractivity contribution in [3.05, 3.63) is 59.7 Å². The van der Waals surface area contributed by atoms with Crippen molar-refractivity contribution in [3.8, 4) is 11.5 Å². The van der Waals surface area contributed by atoms with Crippen LogP contribution in [0.25, 0.3) is 0 Å². The summed E-state index contributed by atoms with van der Waals surface area (Å²) in [6, 6.07) is 12.9. The van der Waals surface area contributed by atoms with Crippen LogP contribution in [-0.2, 0) is 19.1 Å². The third-order valence-corrected chi connectivity index (χ3v) is 5.04. The lowest BCUT2D eigenvalue weighted by Crippen LogP contribution is -2.12. The molecule has 0 fully saturated rings. The molecule has 8 nitrogen and oxygen atoms in total. The van der Waals surface area contributed by atoms with Gasteiger partial charge in [0.15, 0.2) is 0 Å². The van der Waals surface area contributed by atoms with Crippen LogP contribution in [0.1, 0.15) is 72.1 Å². The third-order valence-electron chi connectivity index (χ3n) is 5.04. The molecule has 182 valence electrons. The van der Waals surface area contributed by atoms with Gasteiger partial charge in [-0.2, -0.15) is 0 Å². The summed E-state index contributed by atoms with van der Waals surface area (Å²) < 4.78 is 20.0. The fourth-order valence-electron chi connectivity index (χ4n) is 3.26. The first-order chi connectivity index (χ1) is 16.5. The van der Waals surface area contributed by atoms with E-state index in [-0.39, 0.29) is 35.5 Å². The van der Waals surface area contributed by atoms with Gasteiger partial charge in [-0.1, -0.05) is 49.9 Å². The van der Waals surface area contributed by atoms with E-state index in [1.54, 1.807) is 48.5 Å². The van der Waals surface area contributed by atoms with Crippen LogP contribution in [0.4, 0.5) is 0 Å². The van der Waals surface area contributed by atoms with Gasteiger partial charge in [0.25, 0.3) is 0 Å². The van der Waals surface area contributed by atoms with E-state index in [0.29, 0.717) is 12.8 Å². The molecule has 0 atom stereocenters. The minimum Gasteiger partial charge on any atom is -0.465 e. The number of benzene rings is 2. The Morgan fingerprint density at radius 3 is 1.29 bits per heavy atom. The summed E-state index contributed by atoms with van der Waals surface area (Å²) in [6.07, 6.45) is 5.40. The van der Waals surface area contributed by atoms with E-state index in [0.717, 1.165) is 25.7 Å². The second-order valence-electron chi connectivity index (χ2n) is 7.54. The van der Waals surface area contributed by atoms with Gasteiger partial charge < -0.3 is 18.9 Å². The zero-order chi connectivity index (χ0) is 24.8. The monoisotopic (exact) mass is 470 g/mol. The van der Waals surface area contributed by atoms with Gasteiger partial charge in [-0.05, 0) is 37.1 Å². The van der Waals surface area contributed by atoms with E-state index in [4.69, 9.17) is 9.47 Å². The Kier molecular flexibility index (Phi) is 11.3. The van der Waals surface area contributed by atoms with Crippen LogP contribution < -0.4 is 9.47 Å². The van der Waals surface area contributed by atoms with Crippen LogP contribution in [-0.4, -0.2) is 38.1 Å². The van der Waals surface area contributed by atoms with Gasteiger partial charge in [0.2, 0.25) is 0 Å². The van der Waals surface area contributed by atoms with Crippen LogP contribution in [0.15, 0.2) is 48.5 Å². The summed E-state index contributed by atoms with van der Waals surface area (Å²) in [5.74, 6) is -1.52. The quantitative estimate of drug-likeness (QED) is 0.231. The van der Waals surface area contributed by atoms with Gasteiger partial charge in [-0.15, -0.1) is 0 Å². The van der Waals surface area contributed by atoms with Crippen molar-refractivity contribution in [2.75, 3.05) is 14.2 Å². The Labute approximate surface area is 199 Å². The summed E-state index contributed by atoms with van der Waals surface area (Å²) in [5, 5.41) is 0. The Bertz CT molecular complexity index is 903. The molecule has 0 bridgehead atoms. The summed E-state index contributed by atoms with van der Waals surface area (Å²) in [6.45, 7) is 0. The molecular weight excluding hydrogens is 440 g/mol. The minimum absolute atomic E-state index is 0.195. The highest BCUT2D eigenvalue weighted by Gasteiger charge is 2.16. The molecule has 34 heavy (non-hydrogen) atoms. The smallest absolute Gasteiger partial charge is 0.341 e. The average Bonchev–Trinajstić information content (AvgIpc) is 2.85. The molecule has 0 spiro atoms. The number of hydrogen-bond acceptors (Lipinski definition) is 8. The predicted molar refractivity (Wildman–Crippen MR) is 124 cm³/mol. The van der Waals surface area contributed by atoms with Crippen molar-refractivity contribution in [1.82, 2.24) is 0 Å². The van der Waals surface area contributed by atoms with E-state index in [1.807, 2.05) is 0 Å². The lowest BCUT2D eigenvalue weighted by Gasteiger charge is -2.09. The Balaban J connectivity index is 1.59. The van der Waals surface area contributed by atoms with Crippen LogP contribution in [0.5, 0.6) is 11.5 Å². The number of carbonyl (C=O) groups is 4. The molecule has 2 aromatic rings. The molecule has 0 heterocycles. The molecule has 0 saturated heterocycles. The highest BCUT2D eigenvalue weighted by molar-refractivity contribution is 5.94. The highest BCUT2D eigenvalue weighted by Crippen LogP contribution is 2.21. The second-order valence-corrected chi connectivity index (χ2v) is 7.54. The molecule has 8 heteroatoms. The molecule has 0 aliphatic carbocycles. The molecular formula is C26H30O8. The standard InChI is InChI=1S/C26H30O8/c1-31-25(29)19-13-9-11-15-21(19)33-23(27)17-7-5-3-4-6-8-18-24(28)34-22-16-12-10-14-20(22)26(30)32-2/h9-16H,3-8,17-18H2,1-2H3. The largest absolute Gasteiger partial charge is 0.465 e. The maximum absolute atomic E-state index is 12.1. The van der Waals surface area contributed by atoms with Crippen molar-refractivity contribution < 1.29 is 38.1 Å². The SMILES string of the molecule is COC(=O)c1ccccc1OC(=O)CCCCCCCCC(=O)Oc1ccccc1C(=O)OC. The van der Waals surface area contributed by atoms with E-state index < -0.39 is 23.9 Å². The van der Waals surface area contributed by atoms with Gasteiger partial charge in [-0.3, -0.25) is 9.59 Å². The molecule has 0 saturated carbocycles. The molecule has 0 N–H and O–H groups in total. The number of para-hydroxylation sites is 2. The fraction of sp³-hybridized carbons (Fsp3) is 0.385. The second kappa shape index (κ2) is 14.5.